The number of aromatic nitrogens is 1. The number of nitrogens with zero attached hydrogens (tertiary/aromatic N) is 2. The van der Waals surface area contributed by atoms with E-state index in [9.17, 15) is 26.3 Å². The molecule has 1 heterocycles. The lowest BCUT2D eigenvalue weighted by atomic mass is 10.0. The van der Waals surface area contributed by atoms with Gasteiger partial charge in [-0.15, -0.1) is 0 Å². The lowest BCUT2D eigenvalue weighted by molar-refractivity contribution is 0.294. The maximum Gasteiger partial charge on any atom is 0.253 e. The van der Waals surface area contributed by atoms with Gasteiger partial charge in [0.15, 0.2) is 0 Å². The zero-order valence-electron chi connectivity index (χ0n) is 12.7. The first-order valence-electron chi connectivity index (χ1n) is 6.78. The van der Waals surface area contributed by atoms with Gasteiger partial charge in [-0.3, -0.25) is 0 Å². The number of hydrogen-bond donors (Lipinski definition) is 1. The maximum absolute atomic E-state index is 13.9. The van der Waals surface area contributed by atoms with Gasteiger partial charge in [-0.25, -0.2) is 8.78 Å². The van der Waals surface area contributed by atoms with Gasteiger partial charge >= 0.3 is 0 Å². The summed E-state index contributed by atoms with van der Waals surface area (Å²) >= 11 is 0. The summed E-state index contributed by atoms with van der Waals surface area (Å²) in [6.07, 6.45) is 0. The van der Waals surface area contributed by atoms with Gasteiger partial charge in [0.25, 0.3) is 11.9 Å². The fourth-order valence-electron chi connectivity index (χ4n) is 2.21. The number of benzene rings is 1. The molecule has 0 aliphatic heterocycles. The average Bonchev–Trinajstić information content (AvgIpc) is 2.50. The quantitative estimate of drug-likeness (QED) is 0.660. The van der Waals surface area contributed by atoms with Crippen molar-refractivity contribution >= 4 is 5.69 Å². The van der Waals surface area contributed by atoms with Crippen LogP contribution in [-0.4, -0.2) is 30.5 Å². The number of nitrogens with one attached hydrogen (secondary N) is 1. The van der Waals surface area contributed by atoms with E-state index in [1.807, 2.05) is 0 Å². The first-order valence-corrected chi connectivity index (χ1v) is 6.78. The van der Waals surface area contributed by atoms with E-state index >= 15 is 0 Å². The van der Waals surface area contributed by atoms with Crippen molar-refractivity contribution < 1.29 is 26.3 Å². The van der Waals surface area contributed by atoms with Crippen LogP contribution in [0.2, 0.25) is 0 Å². The third kappa shape index (κ3) is 3.45. The molecular weight excluding hydrogens is 336 g/mol. The molecule has 0 amide bonds. The molecule has 1 unspecified atom stereocenters. The average molecular weight is 349 g/mol. The Labute approximate surface area is 133 Å². The Morgan fingerprint density at radius 2 is 1.46 bits per heavy atom. The topological polar surface area (TPSA) is 28.2 Å². The number of likely N-dealkylation sites (N-methyl/N-ethyl adjacent to an activating group) is 1. The Hall–Kier alpha value is -2.29. The third-order valence-corrected chi connectivity index (χ3v) is 3.43. The van der Waals surface area contributed by atoms with Crippen LogP contribution in [0, 0.1) is 35.2 Å². The van der Waals surface area contributed by atoms with Gasteiger partial charge in [0.1, 0.15) is 17.3 Å². The lowest BCUT2D eigenvalue weighted by Gasteiger charge is -2.26. The first-order chi connectivity index (χ1) is 11.2. The molecule has 0 aliphatic carbocycles. The Morgan fingerprint density at radius 3 is 1.92 bits per heavy atom. The molecule has 9 heteroatoms. The fourth-order valence-corrected chi connectivity index (χ4v) is 2.21. The minimum atomic E-state index is -1.82. The van der Waals surface area contributed by atoms with Crippen molar-refractivity contribution in [2.24, 2.45) is 0 Å². The molecular formula is C15H13F6N3. The number of halogens is 6. The molecule has 24 heavy (non-hydrogen) atoms. The van der Waals surface area contributed by atoms with E-state index in [-0.39, 0.29) is 5.56 Å². The van der Waals surface area contributed by atoms with Gasteiger partial charge in [-0.1, -0.05) is 6.07 Å². The van der Waals surface area contributed by atoms with E-state index in [2.05, 4.69) is 10.3 Å². The highest BCUT2D eigenvalue weighted by Gasteiger charge is 2.25. The van der Waals surface area contributed by atoms with Crippen molar-refractivity contribution in [1.82, 2.24) is 9.88 Å². The standard InChI is InChI=1S/C15H13F6N3/c1-24(2)9(10-7(16)4-3-5-8(10)17)6-22-13-11(18)14(20)23-15(21)12(13)19/h3-5,9H,6H2,1-2H3,(H,22,23). The summed E-state index contributed by atoms with van der Waals surface area (Å²) in [5, 5.41) is 2.15. The Balaban J connectivity index is 2.35. The molecule has 2 rings (SSSR count). The molecule has 1 aromatic carbocycles. The normalized spacial score (nSPS) is 12.5. The molecule has 1 aromatic heterocycles. The number of pyridine rings is 1. The smallest absolute Gasteiger partial charge is 0.253 e. The van der Waals surface area contributed by atoms with Crippen molar-refractivity contribution in [3.05, 3.63) is 58.9 Å². The van der Waals surface area contributed by atoms with Crippen LogP contribution in [-0.2, 0) is 0 Å². The summed E-state index contributed by atoms with van der Waals surface area (Å²) in [7, 11) is 2.97. The predicted octanol–water partition coefficient (Wildman–Crippen LogP) is 3.63. The predicted molar refractivity (Wildman–Crippen MR) is 75.3 cm³/mol. The largest absolute Gasteiger partial charge is 0.378 e. The zero-order valence-corrected chi connectivity index (χ0v) is 12.7. The molecule has 0 fully saturated rings. The SMILES string of the molecule is CN(C)C(CNc1c(F)c(F)nc(F)c1F)c1c(F)cccc1F. The van der Waals surface area contributed by atoms with Crippen LogP contribution in [0.15, 0.2) is 18.2 Å². The summed E-state index contributed by atoms with van der Waals surface area (Å²) < 4.78 is 81.2. The number of rotatable bonds is 5. The van der Waals surface area contributed by atoms with E-state index < -0.39 is 53.4 Å². The number of hydrogen-bond acceptors (Lipinski definition) is 3. The Morgan fingerprint density at radius 1 is 0.958 bits per heavy atom. The van der Waals surface area contributed by atoms with Crippen LogP contribution < -0.4 is 5.32 Å². The minimum absolute atomic E-state index is 0.342. The van der Waals surface area contributed by atoms with Crippen molar-refractivity contribution in [3.8, 4) is 0 Å². The van der Waals surface area contributed by atoms with Crippen LogP contribution in [0.4, 0.5) is 32.0 Å². The summed E-state index contributed by atoms with van der Waals surface area (Å²) in [4.78, 5) is 3.82. The molecule has 0 saturated heterocycles. The third-order valence-electron chi connectivity index (χ3n) is 3.43. The van der Waals surface area contributed by atoms with Gasteiger partial charge < -0.3 is 10.2 Å². The van der Waals surface area contributed by atoms with Crippen LogP contribution in [0.5, 0.6) is 0 Å². The highest BCUT2D eigenvalue weighted by Crippen LogP contribution is 2.27. The second kappa shape index (κ2) is 7.08. The minimum Gasteiger partial charge on any atom is -0.378 e. The summed E-state index contributed by atoms with van der Waals surface area (Å²) in [6.45, 7) is -0.415. The zero-order chi connectivity index (χ0) is 18.0. The maximum atomic E-state index is 13.9. The van der Waals surface area contributed by atoms with Crippen LogP contribution >= 0.6 is 0 Å². The Kier molecular flexibility index (Phi) is 5.33. The fraction of sp³-hybridized carbons (Fsp3) is 0.267. The van der Waals surface area contributed by atoms with Crippen LogP contribution in [0.3, 0.4) is 0 Å². The summed E-state index contributed by atoms with van der Waals surface area (Å²) in [5.74, 6) is -8.81. The monoisotopic (exact) mass is 349 g/mol. The molecule has 0 saturated carbocycles. The van der Waals surface area contributed by atoms with E-state index in [0.29, 0.717) is 0 Å². The molecule has 130 valence electrons. The van der Waals surface area contributed by atoms with E-state index in [0.717, 1.165) is 12.1 Å². The highest BCUT2D eigenvalue weighted by molar-refractivity contribution is 5.45. The second-order valence-electron chi connectivity index (χ2n) is 5.19. The molecule has 0 spiro atoms. The molecule has 0 aliphatic rings. The van der Waals surface area contributed by atoms with Gasteiger partial charge in [-0.2, -0.15) is 22.5 Å². The molecule has 1 atom stereocenters. The molecule has 0 radical (unpaired) electrons. The van der Waals surface area contributed by atoms with Crippen molar-refractivity contribution in [3.63, 3.8) is 0 Å². The van der Waals surface area contributed by atoms with Crippen molar-refractivity contribution in [2.45, 2.75) is 6.04 Å². The first kappa shape index (κ1) is 18.1. The van der Waals surface area contributed by atoms with Gasteiger partial charge in [0.2, 0.25) is 11.6 Å². The van der Waals surface area contributed by atoms with Gasteiger partial charge in [0.05, 0.1) is 6.04 Å². The van der Waals surface area contributed by atoms with Gasteiger partial charge in [-0.05, 0) is 26.2 Å². The Bertz CT molecular complexity index is 704. The van der Waals surface area contributed by atoms with Gasteiger partial charge in [0, 0.05) is 12.1 Å². The molecule has 1 N–H and O–H groups in total. The summed E-state index contributed by atoms with van der Waals surface area (Å²) in [5.41, 5.74) is -1.44. The van der Waals surface area contributed by atoms with E-state index in [1.54, 1.807) is 0 Å². The molecule has 0 bridgehead atoms. The van der Waals surface area contributed by atoms with Crippen LogP contribution in [0.25, 0.3) is 0 Å². The lowest BCUT2D eigenvalue weighted by Crippen LogP contribution is -2.29. The van der Waals surface area contributed by atoms with E-state index in [1.165, 1.54) is 25.1 Å². The van der Waals surface area contributed by atoms with Crippen molar-refractivity contribution in [1.29, 1.82) is 0 Å². The molecule has 2 aromatic rings. The number of anilines is 1. The summed E-state index contributed by atoms with van der Waals surface area (Å²) in [6, 6.07) is 2.23. The highest BCUT2D eigenvalue weighted by atomic mass is 19.2. The van der Waals surface area contributed by atoms with Crippen molar-refractivity contribution in [2.75, 3.05) is 26.0 Å². The van der Waals surface area contributed by atoms with E-state index in [4.69, 9.17) is 0 Å². The van der Waals surface area contributed by atoms with Crippen LogP contribution in [0.1, 0.15) is 11.6 Å². The molecule has 3 nitrogen and oxygen atoms in total. The second-order valence-corrected chi connectivity index (χ2v) is 5.19.